The van der Waals surface area contributed by atoms with Crippen LogP contribution in [-0.2, 0) is 4.74 Å². The molecule has 2 atom stereocenters. The first-order valence-corrected chi connectivity index (χ1v) is 5.87. The van der Waals surface area contributed by atoms with Crippen LogP contribution in [0.4, 0.5) is 4.39 Å². The van der Waals surface area contributed by atoms with Crippen molar-refractivity contribution in [3.63, 3.8) is 0 Å². The Kier molecular flexibility index (Phi) is 3.72. The second-order valence-corrected chi connectivity index (χ2v) is 6.35. The van der Waals surface area contributed by atoms with Gasteiger partial charge in [-0.2, -0.15) is 0 Å². The number of hydrogen-bond donors (Lipinski definition) is 2. The summed E-state index contributed by atoms with van der Waals surface area (Å²) in [6.07, 6.45) is -2.33. The summed E-state index contributed by atoms with van der Waals surface area (Å²) < 4.78 is 19.1. The first-order valence-electron chi connectivity index (χ1n) is 5.87. The fraction of sp³-hybridized carbons (Fsp3) is 0.917. The number of halogens is 1. The standard InChI is InChI=1S/C12H23FN2O2/c1-11(2,3)17-10(14)15-6-8(13)9(16)12(4,5)7-15/h8-9,14,16H,6-7H2,1-5H3/t8-,9-/m1/s1. The van der Waals surface area contributed by atoms with E-state index in [-0.39, 0.29) is 12.6 Å². The molecule has 1 fully saturated rings. The lowest BCUT2D eigenvalue weighted by Crippen LogP contribution is -2.57. The zero-order valence-corrected chi connectivity index (χ0v) is 11.2. The van der Waals surface area contributed by atoms with Crippen molar-refractivity contribution in [2.75, 3.05) is 13.1 Å². The quantitative estimate of drug-likeness (QED) is 0.506. The van der Waals surface area contributed by atoms with Crippen molar-refractivity contribution in [1.82, 2.24) is 4.90 Å². The predicted octanol–water partition coefficient (Wildman–Crippen LogP) is 1.78. The first kappa shape index (κ1) is 14.2. The number of piperidine rings is 1. The van der Waals surface area contributed by atoms with Gasteiger partial charge in [0.05, 0.1) is 12.6 Å². The third-order valence-electron chi connectivity index (χ3n) is 2.83. The summed E-state index contributed by atoms with van der Waals surface area (Å²) in [5.41, 5.74) is -1.05. The van der Waals surface area contributed by atoms with Crippen LogP contribution >= 0.6 is 0 Å². The van der Waals surface area contributed by atoms with E-state index in [0.29, 0.717) is 6.54 Å². The lowest BCUT2D eigenvalue weighted by Gasteiger charge is -2.44. The smallest absolute Gasteiger partial charge is 0.285 e. The van der Waals surface area contributed by atoms with Crippen LogP contribution in [0.15, 0.2) is 0 Å². The van der Waals surface area contributed by atoms with Crippen LogP contribution in [-0.4, -0.2) is 47.0 Å². The summed E-state index contributed by atoms with van der Waals surface area (Å²) >= 11 is 0. The van der Waals surface area contributed by atoms with Crippen molar-refractivity contribution in [3.8, 4) is 0 Å². The number of hydrogen-bond acceptors (Lipinski definition) is 3. The molecule has 0 aromatic carbocycles. The molecule has 0 saturated carbocycles. The van der Waals surface area contributed by atoms with Crippen molar-refractivity contribution >= 4 is 6.02 Å². The van der Waals surface area contributed by atoms with Gasteiger partial charge >= 0.3 is 0 Å². The van der Waals surface area contributed by atoms with E-state index < -0.39 is 23.3 Å². The van der Waals surface area contributed by atoms with Crippen molar-refractivity contribution in [3.05, 3.63) is 0 Å². The van der Waals surface area contributed by atoms with Gasteiger partial charge in [0.1, 0.15) is 11.8 Å². The Balaban J connectivity index is 2.71. The van der Waals surface area contributed by atoms with E-state index in [2.05, 4.69) is 0 Å². The zero-order valence-electron chi connectivity index (χ0n) is 11.2. The Morgan fingerprint density at radius 1 is 1.47 bits per heavy atom. The number of rotatable bonds is 0. The summed E-state index contributed by atoms with van der Waals surface area (Å²) in [4.78, 5) is 1.54. The van der Waals surface area contributed by atoms with Gasteiger partial charge in [-0.1, -0.05) is 13.8 Å². The lowest BCUT2D eigenvalue weighted by atomic mass is 9.80. The Morgan fingerprint density at radius 3 is 2.41 bits per heavy atom. The molecule has 0 aromatic rings. The topological polar surface area (TPSA) is 56.5 Å². The van der Waals surface area contributed by atoms with Crippen LogP contribution in [0.5, 0.6) is 0 Å². The number of alkyl halides is 1. The van der Waals surface area contributed by atoms with E-state index in [1.807, 2.05) is 20.8 Å². The van der Waals surface area contributed by atoms with Gasteiger partial charge in [-0.15, -0.1) is 0 Å². The van der Waals surface area contributed by atoms with Crippen molar-refractivity contribution < 1.29 is 14.2 Å². The third-order valence-corrected chi connectivity index (χ3v) is 2.83. The summed E-state index contributed by atoms with van der Waals surface area (Å²) in [5.74, 6) is 0. The third kappa shape index (κ3) is 3.56. The van der Waals surface area contributed by atoms with E-state index in [0.717, 1.165) is 0 Å². The molecular formula is C12H23FN2O2. The summed E-state index contributed by atoms with van der Waals surface area (Å²) in [5, 5.41) is 17.6. The molecule has 1 aliphatic rings. The highest BCUT2D eigenvalue weighted by molar-refractivity contribution is 5.71. The molecule has 1 rings (SSSR count). The normalized spacial score (nSPS) is 29.0. The second kappa shape index (κ2) is 4.44. The van der Waals surface area contributed by atoms with Gasteiger partial charge in [0.15, 0.2) is 0 Å². The molecule has 0 bridgehead atoms. The van der Waals surface area contributed by atoms with Gasteiger partial charge in [-0.3, -0.25) is 5.41 Å². The highest BCUT2D eigenvalue weighted by Crippen LogP contribution is 2.31. The summed E-state index contributed by atoms with van der Waals surface area (Å²) in [6.45, 7) is 9.56. The van der Waals surface area contributed by atoms with E-state index in [4.69, 9.17) is 10.1 Å². The molecule has 0 aliphatic carbocycles. The van der Waals surface area contributed by atoms with E-state index >= 15 is 0 Å². The molecule has 0 spiro atoms. The van der Waals surface area contributed by atoms with Crippen molar-refractivity contribution in [2.24, 2.45) is 5.41 Å². The highest BCUT2D eigenvalue weighted by atomic mass is 19.1. The Hall–Kier alpha value is -0.840. The summed E-state index contributed by atoms with van der Waals surface area (Å²) in [7, 11) is 0. The molecule has 100 valence electrons. The Morgan fingerprint density at radius 2 is 2.00 bits per heavy atom. The maximum atomic E-state index is 13.7. The average Bonchev–Trinajstić information content (AvgIpc) is 2.10. The molecule has 1 aliphatic heterocycles. The van der Waals surface area contributed by atoms with Crippen LogP contribution < -0.4 is 0 Å². The molecule has 0 amide bonds. The number of amidine groups is 1. The van der Waals surface area contributed by atoms with Crippen LogP contribution in [0.1, 0.15) is 34.6 Å². The number of likely N-dealkylation sites (tertiary alicyclic amines) is 1. The number of ether oxygens (including phenoxy) is 1. The monoisotopic (exact) mass is 246 g/mol. The highest BCUT2D eigenvalue weighted by Gasteiger charge is 2.43. The van der Waals surface area contributed by atoms with Crippen molar-refractivity contribution in [2.45, 2.75) is 52.5 Å². The van der Waals surface area contributed by atoms with Crippen LogP contribution in [0.3, 0.4) is 0 Å². The zero-order chi connectivity index (χ0) is 13.4. The molecule has 17 heavy (non-hydrogen) atoms. The summed E-state index contributed by atoms with van der Waals surface area (Å²) in [6, 6.07) is -0.0277. The fourth-order valence-electron chi connectivity index (χ4n) is 1.96. The largest absolute Gasteiger partial charge is 0.460 e. The average molecular weight is 246 g/mol. The maximum Gasteiger partial charge on any atom is 0.285 e. The Bertz CT molecular complexity index is 299. The minimum Gasteiger partial charge on any atom is -0.460 e. The molecular weight excluding hydrogens is 223 g/mol. The predicted molar refractivity (Wildman–Crippen MR) is 64.8 cm³/mol. The van der Waals surface area contributed by atoms with Gasteiger partial charge in [0.25, 0.3) is 6.02 Å². The fourth-order valence-corrected chi connectivity index (χ4v) is 1.96. The lowest BCUT2D eigenvalue weighted by molar-refractivity contribution is -0.0698. The molecule has 0 aromatic heterocycles. The minimum absolute atomic E-state index is 0.0134. The molecule has 1 saturated heterocycles. The molecule has 1 heterocycles. The van der Waals surface area contributed by atoms with Crippen LogP contribution in [0.2, 0.25) is 0 Å². The first-order chi connectivity index (χ1) is 7.53. The SMILES string of the molecule is CC(C)(C)OC(=N)N1C[C@@H](F)[C@@H](O)C(C)(C)C1. The van der Waals surface area contributed by atoms with Crippen LogP contribution in [0, 0.1) is 10.8 Å². The van der Waals surface area contributed by atoms with Gasteiger partial charge in [-0.25, -0.2) is 4.39 Å². The van der Waals surface area contributed by atoms with Gasteiger partial charge in [0, 0.05) is 12.0 Å². The molecule has 4 nitrogen and oxygen atoms in total. The number of aliphatic hydroxyl groups excluding tert-OH is 1. The van der Waals surface area contributed by atoms with Gasteiger partial charge in [-0.05, 0) is 20.8 Å². The number of nitrogens with one attached hydrogen (secondary N) is 1. The van der Waals surface area contributed by atoms with Gasteiger partial charge < -0.3 is 14.7 Å². The maximum absolute atomic E-state index is 13.7. The number of aliphatic hydroxyl groups is 1. The van der Waals surface area contributed by atoms with E-state index in [1.54, 1.807) is 18.7 Å². The number of nitrogens with zero attached hydrogens (tertiary/aromatic N) is 1. The van der Waals surface area contributed by atoms with Crippen LogP contribution in [0.25, 0.3) is 0 Å². The second-order valence-electron chi connectivity index (χ2n) is 6.35. The molecule has 5 heteroatoms. The van der Waals surface area contributed by atoms with Gasteiger partial charge in [0.2, 0.25) is 0 Å². The van der Waals surface area contributed by atoms with E-state index in [9.17, 15) is 9.50 Å². The Labute approximate surface area is 102 Å². The minimum atomic E-state index is -1.34. The molecule has 0 unspecified atom stereocenters. The molecule has 2 N–H and O–H groups in total. The molecule has 0 radical (unpaired) electrons. The van der Waals surface area contributed by atoms with E-state index in [1.165, 1.54) is 0 Å². The van der Waals surface area contributed by atoms with Crippen molar-refractivity contribution in [1.29, 1.82) is 5.41 Å².